The second-order valence-corrected chi connectivity index (χ2v) is 7.02. The number of rotatable bonds is 4. The highest BCUT2D eigenvalue weighted by Crippen LogP contribution is 2.39. The first kappa shape index (κ1) is 18.3. The van der Waals surface area contributed by atoms with Gasteiger partial charge in [-0.25, -0.2) is 4.39 Å². The molecule has 0 radical (unpaired) electrons. The van der Waals surface area contributed by atoms with E-state index < -0.39 is 24.0 Å². The fraction of sp³-hybridized carbons (Fsp3) is 0.389. The Hall–Kier alpha value is -2.50. The minimum Gasteiger partial charge on any atom is -0.398 e. The van der Waals surface area contributed by atoms with Crippen LogP contribution >= 0.6 is 0 Å². The van der Waals surface area contributed by atoms with Crippen molar-refractivity contribution in [1.82, 2.24) is 19.7 Å². The molecule has 0 atom stereocenters. The van der Waals surface area contributed by atoms with E-state index in [4.69, 9.17) is 15.7 Å². The van der Waals surface area contributed by atoms with E-state index in [0.717, 1.165) is 0 Å². The Kier molecular flexibility index (Phi) is 4.69. The standard InChI is InChI=1S/C18H20BFN4O2/c1-6-9-24-13(10-14(23-24)15-12-21-7-8-22-15)11-16(20)19-25-17(2,3)18(4,5)26-19/h1,7-8,10-12H,9H2,2-5H3. The summed E-state index contributed by atoms with van der Waals surface area (Å²) in [5, 5.41) is 4.39. The third-order valence-electron chi connectivity index (χ3n) is 4.64. The first-order valence-electron chi connectivity index (χ1n) is 8.24. The van der Waals surface area contributed by atoms with Crippen LogP contribution in [-0.2, 0) is 15.9 Å². The molecule has 3 heterocycles. The lowest BCUT2D eigenvalue weighted by molar-refractivity contribution is 0.00578. The Labute approximate surface area is 152 Å². The Morgan fingerprint density at radius 3 is 2.54 bits per heavy atom. The van der Waals surface area contributed by atoms with Gasteiger partial charge in [0.15, 0.2) is 0 Å². The predicted octanol–water partition coefficient (Wildman–Crippen LogP) is 2.92. The van der Waals surface area contributed by atoms with E-state index >= 15 is 0 Å². The maximum atomic E-state index is 14.8. The first-order valence-corrected chi connectivity index (χ1v) is 8.24. The minimum absolute atomic E-state index is 0.197. The molecule has 1 aliphatic rings. The quantitative estimate of drug-likeness (QED) is 0.624. The molecular weight excluding hydrogens is 334 g/mol. The van der Waals surface area contributed by atoms with E-state index in [0.29, 0.717) is 17.1 Å². The van der Waals surface area contributed by atoms with Gasteiger partial charge in [0.1, 0.15) is 23.7 Å². The number of halogens is 1. The first-order chi connectivity index (χ1) is 12.2. The summed E-state index contributed by atoms with van der Waals surface area (Å²) < 4.78 is 27.8. The Bertz CT molecular complexity index is 855. The largest absolute Gasteiger partial charge is 0.525 e. The van der Waals surface area contributed by atoms with Crippen molar-refractivity contribution in [1.29, 1.82) is 0 Å². The summed E-state index contributed by atoms with van der Waals surface area (Å²) in [4.78, 5) is 8.22. The molecule has 0 N–H and O–H groups in total. The van der Waals surface area contributed by atoms with Gasteiger partial charge in [-0.1, -0.05) is 5.92 Å². The van der Waals surface area contributed by atoms with Gasteiger partial charge in [0, 0.05) is 12.4 Å². The molecule has 0 unspecified atom stereocenters. The summed E-state index contributed by atoms with van der Waals surface area (Å²) in [7, 11) is -1.07. The molecule has 0 aliphatic carbocycles. The maximum absolute atomic E-state index is 14.8. The van der Waals surface area contributed by atoms with Crippen LogP contribution in [0.3, 0.4) is 0 Å². The van der Waals surface area contributed by atoms with Crippen LogP contribution in [0.15, 0.2) is 30.4 Å². The topological polar surface area (TPSA) is 62.1 Å². The Morgan fingerprint density at radius 1 is 1.27 bits per heavy atom. The van der Waals surface area contributed by atoms with Gasteiger partial charge >= 0.3 is 7.12 Å². The number of hydrogen-bond donors (Lipinski definition) is 0. The van der Waals surface area contributed by atoms with Crippen LogP contribution in [0.4, 0.5) is 4.39 Å². The highest BCUT2D eigenvalue weighted by atomic mass is 19.1. The van der Waals surface area contributed by atoms with Crippen molar-refractivity contribution in [3.8, 4) is 23.7 Å². The average Bonchev–Trinajstić information content (AvgIpc) is 3.07. The van der Waals surface area contributed by atoms with Crippen molar-refractivity contribution in [3.05, 3.63) is 36.1 Å². The molecule has 2 aromatic heterocycles. The van der Waals surface area contributed by atoms with Crippen LogP contribution in [0.5, 0.6) is 0 Å². The van der Waals surface area contributed by atoms with Gasteiger partial charge in [-0.3, -0.25) is 14.6 Å². The van der Waals surface area contributed by atoms with Crippen molar-refractivity contribution in [3.63, 3.8) is 0 Å². The molecule has 8 heteroatoms. The van der Waals surface area contributed by atoms with E-state index in [1.165, 1.54) is 10.8 Å². The molecule has 26 heavy (non-hydrogen) atoms. The van der Waals surface area contributed by atoms with Gasteiger partial charge in [-0.15, -0.1) is 6.42 Å². The second kappa shape index (κ2) is 6.67. The summed E-state index contributed by atoms with van der Waals surface area (Å²) in [5.74, 6) is 2.51. The molecule has 134 valence electrons. The van der Waals surface area contributed by atoms with E-state index in [1.54, 1.807) is 24.7 Å². The van der Waals surface area contributed by atoms with Crippen molar-refractivity contribution >= 4 is 13.2 Å². The fourth-order valence-electron chi connectivity index (χ4n) is 2.48. The molecule has 3 rings (SSSR count). The van der Waals surface area contributed by atoms with Crippen molar-refractivity contribution in [2.45, 2.75) is 45.4 Å². The average molecular weight is 354 g/mol. The SMILES string of the molecule is C#CCn1nc(-c2cnccn2)cc1C=C(F)B1OC(C)(C)C(C)(C)O1. The van der Waals surface area contributed by atoms with Crippen LogP contribution in [0.1, 0.15) is 33.4 Å². The summed E-state index contributed by atoms with van der Waals surface area (Å²) in [6, 6.07) is 1.70. The van der Waals surface area contributed by atoms with Crippen LogP contribution in [0.2, 0.25) is 0 Å². The zero-order valence-electron chi connectivity index (χ0n) is 15.2. The third-order valence-corrected chi connectivity index (χ3v) is 4.64. The van der Waals surface area contributed by atoms with Gasteiger partial charge in [0.2, 0.25) is 0 Å². The van der Waals surface area contributed by atoms with E-state index in [-0.39, 0.29) is 6.54 Å². The molecule has 0 saturated carbocycles. The smallest absolute Gasteiger partial charge is 0.398 e. The van der Waals surface area contributed by atoms with Crippen molar-refractivity contribution in [2.24, 2.45) is 0 Å². The van der Waals surface area contributed by atoms with Crippen molar-refractivity contribution < 1.29 is 13.7 Å². The molecule has 2 aromatic rings. The zero-order chi connectivity index (χ0) is 18.9. The number of terminal acetylenes is 1. The monoisotopic (exact) mass is 354 g/mol. The zero-order valence-corrected chi connectivity index (χ0v) is 15.2. The van der Waals surface area contributed by atoms with Gasteiger partial charge in [0.05, 0.1) is 23.1 Å². The van der Waals surface area contributed by atoms with Crippen molar-refractivity contribution in [2.75, 3.05) is 0 Å². The molecule has 6 nitrogen and oxygen atoms in total. The molecule has 0 spiro atoms. The predicted molar refractivity (Wildman–Crippen MR) is 97.3 cm³/mol. The van der Waals surface area contributed by atoms with E-state index in [1.807, 2.05) is 27.7 Å². The van der Waals surface area contributed by atoms with E-state index in [9.17, 15) is 4.39 Å². The van der Waals surface area contributed by atoms with Gasteiger partial charge in [-0.2, -0.15) is 5.10 Å². The van der Waals surface area contributed by atoms with E-state index in [2.05, 4.69) is 21.0 Å². The molecule has 0 amide bonds. The number of nitrogens with zero attached hydrogens (tertiary/aromatic N) is 4. The third kappa shape index (κ3) is 3.41. The maximum Gasteiger partial charge on any atom is 0.525 e. The summed E-state index contributed by atoms with van der Waals surface area (Å²) in [5.41, 5.74) is -0.155. The highest BCUT2D eigenvalue weighted by molar-refractivity contribution is 6.54. The lowest BCUT2D eigenvalue weighted by atomic mass is 9.87. The Morgan fingerprint density at radius 2 is 1.96 bits per heavy atom. The van der Waals surface area contributed by atoms with Gasteiger partial charge < -0.3 is 9.31 Å². The highest BCUT2D eigenvalue weighted by Gasteiger charge is 2.53. The molecule has 1 aliphatic heterocycles. The van der Waals surface area contributed by atoms with Gasteiger partial charge in [-0.05, 0) is 39.8 Å². The summed E-state index contributed by atoms with van der Waals surface area (Å²) >= 11 is 0. The summed E-state index contributed by atoms with van der Waals surface area (Å²) in [6.45, 7) is 7.68. The second-order valence-electron chi connectivity index (χ2n) is 7.02. The van der Waals surface area contributed by atoms with Gasteiger partial charge in [0.25, 0.3) is 0 Å². The Balaban J connectivity index is 1.92. The molecule has 1 saturated heterocycles. The molecule has 1 fully saturated rings. The number of aromatic nitrogens is 4. The van der Waals surface area contributed by atoms with Crippen LogP contribution in [-0.4, -0.2) is 38.1 Å². The molecular formula is C18H20BFN4O2. The normalized spacial score (nSPS) is 18.8. The van der Waals surface area contributed by atoms with Crippen LogP contribution < -0.4 is 0 Å². The molecule has 0 bridgehead atoms. The minimum atomic E-state index is -1.07. The fourth-order valence-corrected chi connectivity index (χ4v) is 2.48. The lowest BCUT2D eigenvalue weighted by Crippen LogP contribution is -2.41. The van der Waals surface area contributed by atoms with Crippen LogP contribution in [0, 0.1) is 12.3 Å². The molecule has 0 aromatic carbocycles. The number of hydrogen-bond acceptors (Lipinski definition) is 5. The van der Waals surface area contributed by atoms with Crippen LogP contribution in [0.25, 0.3) is 17.5 Å². The summed E-state index contributed by atoms with van der Waals surface area (Å²) in [6.07, 6.45) is 11.4. The lowest BCUT2D eigenvalue weighted by Gasteiger charge is -2.32.